The van der Waals surface area contributed by atoms with Crippen molar-refractivity contribution in [3.63, 3.8) is 0 Å². The predicted molar refractivity (Wildman–Crippen MR) is 98.8 cm³/mol. The molecule has 26 heavy (non-hydrogen) atoms. The topological polar surface area (TPSA) is 107 Å². The second kappa shape index (κ2) is 12.7. The molecule has 2 atom stereocenters. The van der Waals surface area contributed by atoms with Gasteiger partial charge in [0.15, 0.2) is 0 Å². The lowest BCUT2D eigenvalue weighted by molar-refractivity contribution is -0.137. The average molecular weight is 370 g/mol. The first-order chi connectivity index (χ1) is 12.5. The monoisotopic (exact) mass is 370 g/mol. The first-order valence-electron chi connectivity index (χ1n) is 9.97. The highest BCUT2D eigenvalue weighted by molar-refractivity contribution is 6.04. The van der Waals surface area contributed by atoms with Crippen LogP contribution in [-0.4, -0.2) is 51.7 Å². The number of hydrogen-bond acceptors (Lipinski definition) is 4. The van der Waals surface area contributed by atoms with Crippen molar-refractivity contribution in [1.82, 2.24) is 10.2 Å². The van der Waals surface area contributed by atoms with Crippen molar-refractivity contribution < 1.29 is 24.6 Å². The number of rotatable bonds is 15. The highest BCUT2D eigenvalue weighted by atomic mass is 16.4. The summed E-state index contributed by atoms with van der Waals surface area (Å²) in [6, 6.07) is -0.835. The highest BCUT2D eigenvalue weighted by Crippen LogP contribution is 2.18. The number of carboxylic acids is 1. The second-order valence-electron chi connectivity index (χ2n) is 7.14. The smallest absolute Gasteiger partial charge is 0.324 e. The van der Waals surface area contributed by atoms with Gasteiger partial charge in [-0.15, -0.1) is 0 Å². The Morgan fingerprint density at radius 2 is 1.77 bits per heavy atom. The van der Waals surface area contributed by atoms with E-state index in [9.17, 15) is 19.5 Å². The Balaban J connectivity index is 2.29. The number of amides is 3. The number of carboxylic acid groups (broad SMARTS) is 1. The van der Waals surface area contributed by atoms with E-state index in [1.54, 1.807) is 0 Å². The number of unbranched alkanes of at least 4 members (excludes halogenated alkanes) is 6. The molecule has 0 aromatic heterocycles. The van der Waals surface area contributed by atoms with Crippen molar-refractivity contribution >= 4 is 17.9 Å². The molecule has 150 valence electrons. The van der Waals surface area contributed by atoms with Crippen LogP contribution in [0.2, 0.25) is 0 Å². The van der Waals surface area contributed by atoms with E-state index < -0.39 is 18.1 Å². The number of urea groups is 1. The number of aliphatic hydroxyl groups excluding tert-OH is 1. The molecule has 0 bridgehead atoms. The lowest BCUT2D eigenvalue weighted by Gasteiger charge is -2.23. The highest BCUT2D eigenvalue weighted by Gasteiger charge is 2.37. The number of hydrogen-bond donors (Lipinski definition) is 3. The third-order valence-corrected chi connectivity index (χ3v) is 4.88. The number of nitrogens with one attached hydrogen (secondary N) is 1. The fraction of sp³-hybridized carbons (Fsp3) is 0.842. The normalized spacial score (nSPS) is 18.2. The zero-order valence-electron chi connectivity index (χ0n) is 15.9. The minimum Gasteiger partial charge on any atom is -0.481 e. The Morgan fingerprint density at radius 1 is 1.08 bits per heavy atom. The van der Waals surface area contributed by atoms with Gasteiger partial charge in [0.25, 0.3) is 5.91 Å². The van der Waals surface area contributed by atoms with E-state index >= 15 is 0 Å². The molecular weight excluding hydrogens is 336 g/mol. The van der Waals surface area contributed by atoms with Crippen LogP contribution in [0.4, 0.5) is 4.79 Å². The Kier molecular flexibility index (Phi) is 10.9. The first-order valence-corrected chi connectivity index (χ1v) is 9.97. The van der Waals surface area contributed by atoms with Gasteiger partial charge in [0, 0.05) is 13.0 Å². The second-order valence-corrected chi connectivity index (χ2v) is 7.14. The summed E-state index contributed by atoms with van der Waals surface area (Å²) >= 11 is 0. The van der Waals surface area contributed by atoms with Gasteiger partial charge >= 0.3 is 12.0 Å². The van der Waals surface area contributed by atoms with Gasteiger partial charge in [0.1, 0.15) is 6.04 Å². The summed E-state index contributed by atoms with van der Waals surface area (Å²) in [6.07, 6.45) is 9.04. The Bertz CT molecular complexity index is 455. The van der Waals surface area contributed by atoms with Crippen LogP contribution in [0.1, 0.15) is 84.0 Å². The van der Waals surface area contributed by atoms with Gasteiger partial charge in [0.2, 0.25) is 0 Å². The van der Waals surface area contributed by atoms with Crippen LogP contribution in [0, 0.1) is 0 Å². The van der Waals surface area contributed by atoms with E-state index in [-0.39, 0.29) is 18.4 Å². The quantitative estimate of drug-likeness (QED) is 0.303. The van der Waals surface area contributed by atoms with E-state index in [0.717, 1.165) is 44.9 Å². The summed E-state index contributed by atoms with van der Waals surface area (Å²) in [4.78, 5) is 36.0. The Labute approximate surface area is 156 Å². The summed E-state index contributed by atoms with van der Waals surface area (Å²) in [7, 11) is 0. The zero-order valence-corrected chi connectivity index (χ0v) is 15.9. The maximum Gasteiger partial charge on any atom is 0.324 e. The summed E-state index contributed by atoms with van der Waals surface area (Å²) in [5.74, 6) is -1.05. The van der Waals surface area contributed by atoms with Gasteiger partial charge in [0.05, 0.1) is 6.10 Å². The molecule has 2 unspecified atom stereocenters. The summed E-state index contributed by atoms with van der Waals surface area (Å²) in [5.41, 5.74) is 0. The lowest BCUT2D eigenvalue weighted by Crippen LogP contribution is -2.37. The molecule has 1 saturated heterocycles. The molecule has 0 aromatic rings. The minimum absolute atomic E-state index is 0.171. The fourth-order valence-corrected chi connectivity index (χ4v) is 3.29. The van der Waals surface area contributed by atoms with Gasteiger partial charge in [-0.1, -0.05) is 51.9 Å². The maximum atomic E-state index is 12.0. The van der Waals surface area contributed by atoms with Gasteiger partial charge in [-0.05, 0) is 25.7 Å². The molecule has 1 fully saturated rings. The largest absolute Gasteiger partial charge is 0.481 e. The molecule has 7 nitrogen and oxygen atoms in total. The standard InChI is InChI=1S/C19H34N2O5/c1-2-3-4-7-10-15(22)13-14-21-16(18(25)20-19(21)26)11-8-5-6-9-12-17(23)24/h15-16,22H,2-14H2,1H3,(H,23,24)(H,20,25,26). The van der Waals surface area contributed by atoms with Crippen LogP contribution < -0.4 is 5.32 Å². The molecule has 1 heterocycles. The van der Waals surface area contributed by atoms with Crippen molar-refractivity contribution in [3.8, 4) is 0 Å². The van der Waals surface area contributed by atoms with Gasteiger partial charge in [-0.2, -0.15) is 0 Å². The molecule has 0 saturated carbocycles. The molecular formula is C19H34N2O5. The van der Waals surface area contributed by atoms with Crippen LogP contribution in [0.25, 0.3) is 0 Å². The third-order valence-electron chi connectivity index (χ3n) is 4.88. The van der Waals surface area contributed by atoms with E-state index in [2.05, 4.69) is 12.2 Å². The lowest BCUT2D eigenvalue weighted by atomic mass is 10.0. The van der Waals surface area contributed by atoms with Crippen LogP contribution in [-0.2, 0) is 9.59 Å². The third kappa shape index (κ3) is 8.65. The van der Waals surface area contributed by atoms with Crippen molar-refractivity contribution in [2.24, 2.45) is 0 Å². The molecule has 7 heteroatoms. The summed E-state index contributed by atoms with van der Waals surface area (Å²) in [5, 5.41) is 21.0. The number of aliphatic carboxylic acids is 1. The zero-order chi connectivity index (χ0) is 19.4. The number of imide groups is 1. The molecule has 1 rings (SSSR count). The van der Waals surface area contributed by atoms with Gasteiger partial charge in [-0.25, -0.2) is 4.79 Å². The van der Waals surface area contributed by atoms with Crippen molar-refractivity contribution in [2.45, 2.75) is 96.1 Å². The maximum absolute atomic E-state index is 12.0. The molecule has 3 N–H and O–H groups in total. The number of carbonyl (C=O) groups is 3. The first kappa shape index (κ1) is 22.4. The van der Waals surface area contributed by atoms with Crippen LogP contribution in [0.15, 0.2) is 0 Å². The molecule has 0 aliphatic carbocycles. The molecule has 3 amide bonds. The summed E-state index contributed by atoms with van der Waals surface area (Å²) in [6.45, 7) is 2.53. The molecule has 0 aromatic carbocycles. The van der Waals surface area contributed by atoms with Crippen molar-refractivity contribution in [2.75, 3.05) is 6.54 Å². The van der Waals surface area contributed by atoms with E-state index in [4.69, 9.17) is 5.11 Å². The molecule has 0 radical (unpaired) electrons. The predicted octanol–water partition coefficient (Wildman–Crippen LogP) is 3.05. The Morgan fingerprint density at radius 3 is 2.46 bits per heavy atom. The van der Waals surface area contributed by atoms with Crippen LogP contribution in [0.3, 0.4) is 0 Å². The minimum atomic E-state index is -0.787. The fourth-order valence-electron chi connectivity index (χ4n) is 3.29. The van der Waals surface area contributed by atoms with E-state index in [1.807, 2.05) is 0 Å². The summed E-state index contributed by atoms with van der Waals surface area (Å²) < 4.78 is 0. The number of carbonyl (C=O) groups excluding carboxylic acids is 2. The van der Waals surface area contributed by atoms with Crippen LogP contribution >= 0.6 is 0 Å². The molecule has 0 spiro atoms. The number of nitrogens with zero attached hydrogens (tertiary/aromatic N) is 1. The Hall–Kier alpha value is -1.63. The SMILES string of the molecule is CCCCCCC(O)CCN1C(=O)NC(=O)C1CCCCCCC(=O)O. The van der Waals surface area contributed by atoms with Crippen molar-refractivity contribution in [3.05, 3.63) is 0 Å². The molecule has 1 aliphatic heterocycles. The van der Waals surface area contributed by atoms with Gasteiger partial charge < -0.3 is 15.1 Å². The molecule has 1 aliphatic rings. The van der Waals surface area contributed by atoms with Crippen LogP contribution in [0.5, 0.6) is 0 Å². The van der Waals surface area contributed by atoms with Crippen molar-refractivity contribution in [1.29, 1.82) is 0 Å². The van der Waals surface area contributed by atoms with E-state index in [1.165, 1.54) is 11.3 Å². The van der Waals surface area contributed by atoms with Gasteiger partial charge in [-0.3, -0.25) is 14.9 Å². The average Bonchev–Trinajstić information content (AvgIpc) is 2.85. The number of aliphatic hydroxyl groups is 1. The van der Waals surface area contributed by atoms with E-state index in [0.29, 0.717) is 25.8 Å².